The van der Waals surface area contributed by atoms with E-state index in [4.69, 9.17) is 29.2 Å². The minimum Gasteiger partial charge on any atom is -0.473 e. The molecule has 9 nitrogen and oxygen atoms in total. The largest absolute Gasteiger partial charge is 0.473 e. The van der Waals surface area contributed by atoms with Gasteiger partial charge in [0.05, 0.1) is 19.6 Å². The molecule has 0 atom stereocenters. The van der Waals surface area contributed by atoms with Crippen LogP contribution in [-0.4, -0.2) is 35.1 Å². The molecule has 4 heterocycles. The van der Waals surface area contributed by atoms with Crippen molar-refractivity contribution in [3.8, 4) is 17.2 Å². The molecule has 3 aromatic carbocycles. The summed E-state index contributed by atoms with van der Waals surface area (Å²) < 4.78 is 19.3. The Morgan fingerprint density at radius 3 is 0.883 bits per heavy atom. The van der Waals surface area contributed by atoms with Crippen molar-refractivity contribution in [3.63, 3.8) is 0 Å². The number of aromatic nitrogens is 3. The molecular weight excluding hydrogens is 745 g/mol. The van der Waals surface area contributed by atoms with Gasteiger partial charge in [-0.25, -0.2) is 0 Å². The molecule has 4 aromatic rings. The van der Waals surface area contributed by atoms with Crippen molar-refractivity contribution in [2.75, 3.05) is 34.9 Å². The Balaban J connectivity index is 1.23. The molecule has 9 heteroatoms. The van der Waals surface area contributed by atoms with Crippen LogP contribution in [0.3, 0.4) is 0 Å². The van der Waals surface area contributed by atoms with Gasteiger partial charge in [-0.1, -0.05) is 122 Å². The fraction of sp³-hybridized carbons (Fsp3) is 0.588. The number of ether oxygens (including phenoxy) is 3. The standard InChI is InChI=1S/C51H72N6O3/c1-46(2,3)28-49(10,11)37-16-19-40-34(22-37)25-55(31-58-40)43-52-44(56-26-35-23-38(17-20-41(35)59-32-56)50(12,13)29-47(4,5)6)54-45(53-43)57-27-36-24-39(18-21-42(36)60-33-57)51(14,15)30-48(7,8)9/h16-24H,25-33H2,1-15H3. The topological polar surface area (TPSA) is 76.1 Å². The van der Waals surface area contributed by atoms with E-state index in [1.807, 2.05) is 0 Å². The molecule has 0 N–H and O–H groups in total. The van der Waals surface area contributed by atoms with Crippen LogP contribution in [0.4, 0.5) is 17.8 Å². The predicted molar refractivity (Wildman–Crippen MR) is 245 cm³/mol. The summed E-state index contributed by atoms with van der Waals surface area (Å²) in [5.41, 5.74) is 7.92. The van der Waals surface area contributed by atoms with E-state index in [-0.39, 0.29) is 32.5 Å². The lowest BCUT2D eigenvalue weighted by atomic mass is 9.72. The van der Waals surface area contributed by atoms with Crippen LogP contribution >= 0.6 is 0 Å². The van der Waals surface area contributed by atoms with Crippen molar-refractivity contribution >= 4 is 17.8 Å². The van der Waals surface area contributed by atoms with E-state index >= 15 is 0 Å². The summed E-state index contributed by atoms with van der Waals surface area (Å²) in [6, 6.07) is 20.0. The van der Waals surface area contributed by atoms with Gasteiger partial charge in [0.2, 0.25) is 17.8 Å². The number of hydrogen-bond acceptors (Lipinski definition) is 9. The highest BCUT2D eigenvalue weighted by Gasteiger charge is 2.34. The van der Waals surface area contributed by atoms with Gasteiger partial charge >= 0.3 is 0 Å². The highest BCUT2D eigenvalue weighted by molar-refractivity contribution is 5.53. The number of nitrogens with zero attached hydrogens (tertiary/aromatic N) is 6. The second-order valence-corrected chi connectivity index (χ2v) is 23.5. The Labute approximate surface area is 361 Å². The molecule has 0 amide bonds. The summed E-state index contributed by atoms with van der Waals surface area (Å²) >= 11 is 0. The maximum absolute atomic E-state index is 6.43. The fourth-order valence-electron chi connectivity index (χ4n) is 10.4. The van der Waals surface area contributed by atoms with Gasteiger partial charge < -0.3 is 28.9 Å². The average Bonchev–Trinajstić information content (AvgIpc) is 3.13. The smallest absolute Gasteiger partial charge is 0.234 e. The molecule has 7 rings (SSSR count). The summed E-state index contributed by atoms with van der Waals surface area (Å²) in [5, 5.41) is 0. The highest BCUT2D eigenvalue weighted by atomic mass is 16.5. The summed E-state index contributed by atoms with van der Waals surface area (Å²) in [6.45, 7) is 37.7. The second-order valence-electron chi connectivity index (χ2n) is 23.5. The molecular formula is C51H72N6O3. The van der Waals surface area contributed by atoms with E-state index in [0.717, 1.165) is 53.2 Å². The minimum atomic E-state index is 0.00180. The zero-order valence-corrected chi connectivity index (χ0v) is 39.5. The summed E-state index contributed by atoms with van der Waals surface area (Å²) in [4.78, 5) is 21.9. The number of fused-ring (bicyclic) bond motifs is 3. The zero-order chi connectivity index (χ0) is 43.6. The lowest BCUT2D eigenvalue weighted by Crippen LogP contribution is -2.38. The Bertz CT molecular complexity index is 1950. The molecule has 1 aromatic heterocycles. The SMILES string of the molecule is CC(C)(C)CC(C)(C)c1ccc2c(c1)CN(c1nc(N3COc4ccc(C(C)(C)CC(C)(C)C)cc4C3)nc(N3COc4ccc(C(C)(C)CC(C)(C)C)cc4C3)n1)CO2. The number of benzene rings is 3. The average molecular weight is 817 g/mol. The predicted octanol–water partition coefficient (Wildman–Crippen LogP) is 12.1. The van der Waals surface area contributed by atoms with Gasteiger partial charge in [-0.2, -0.15) is 15.0 Å². The molecule has 0 fully saturated rings. The van der Waals surface area contributed by atoms with Crippen molar-refractivity contribution in [1.29, 1.82) is 0 Å². The minimum absolute atomic E-state index is 0.00180. The van der Waals surface area contributed by atoms with Gasteiger partial charge in [-0.15, -0.1) is 0 Å². The van der Waals surface area contributed by atoms with Crippen molar-refractivity contribution < 1.29 is 14.2 Å². The van der Waals surface area contributed by atoms with Crippen LogP contribution < -0.4 is 28.9 Å². The van der Waals surface area contributed by atoms with E-state index in [2.05, 4.69) is 173 Å². The Hall–Kier alpha value is -4.53. The molecule has 324 valence electrons. The Morgan fingerprint density at radius 2 is 0.650 bits per heavy atom. The lowest BCUT2D eigenvalue weighted by molar-refractivity contribution is 0.276. The second kappa shape index (κ2) is 15.4. The molecule has 0 saturated heterocycles. The van der Waals surface area contributed by atoms with Crippen molar-refractivity contribution in [3.05, 3.63) is 88.0 Å². The Morgan fingerprint density at radius 1 is 0.400 bits per heavy atom. The van der Waals surface area contributed by atoms with Gasteiger partial charge in [0.1, 0.15) is 17.2 Å². The quantitative estimate of drug-likeness (QED) is 0.164. The molecule has 0 bridgehead atoms. The first-order valence-corrected chi connectivity index (χ1v) is 22.0. The van der Waals surface area contributed by atoms with E-state index < -0.39 is 0 Å². The molecule has 3 aliphatic heterocycles. The van der Waals surface area contributed by atoms with Crippen LogP contribution in [0.1, 0.15) is 156 Å². The normalized spacial score (nSPS) is 16.4. The number of rotatable bonds is 9. The summed E-state index contributed by atoms with van der Waals surface area (Å²) in [5.74, 6) is 4.43. The van der Waals surface area contributed by atoms with Crippen molar-refractivity contribution in [1.82, 2.24) is 15.0 Å². The Kier molecular flexibility index (Phi) is 11.2. The van der Waals surface area contributed by atoms with Crippen molar-refractivity contribution in [2.24, 2.45) is 16.2 Å². The monoisotopic (exact) mass is 817 g/mol. The summed E-state index contributed by atoms with van der Waals surface area (Å²) in [7, 11) is 0. The van der Waals surface area contributed by atoms with E-state index in [0.29, 0.717) is 57.7 Å². The lowest BCUT2D eigenvalue weighted by Gasteiger charge is -2.36. The van der Waals surface area contributed by atoms with Gasteiger partial charge in [0, 0.05) is 16.7 Å². The van der Waals surface area contributed by atoms with Crippen LogP contribution in [0.15, 0.2) is 54.6 Å². The van der Waals surface area contributed by atoms with Crippen LogP contribution in [0.2, 0.25) is 0 Å². The maximum atomic E-state index is 6.43. The molecule has 0 spiro atoms. The van der Waals surface area contributed by atoms with E-state index in [9.17, 15) is 0 Å². The van der Waals surface area contributed by atoms with Gasteiger partial charge in [0.15, 0.2) is 20.2 Å². The zero-order valence-electron chi connectivity index (χ0n) is 39.5. The first-order valence-electron chi connectivity index (χ1n) is 22.0. The molecule has 0 aliphatic carbocycles. The molecule has 60 heavy (non-hydrogen) atoms. The summed E-state index contributed by atoms with van der Waals surface area (Å²) in [6.07, 6.45) is 3.20. The third kappa shape index (κ3) is 9.98. The van der Waals surface area contributed by atoms with Crippen molar-refractivity contribution in [2.45, 2.75) is 159 Å². The van der Waals surface area contributed by atoms with E-state index in [1.54, 1.807) is 0 Å². The van der Waals surface area contributed by atoms with Crippen LogP contribution in [0.25, 0.3) is 0 Å². The van der Waals surface area contributed by atoms with Gasteiger partial charge in [-0.3, -0.25) is 0 Å². The van der Waals surface area contributed by atoms with Crippen LogP contribution in [-0.2, 0) is 35.9 Å². The third-order valence-corrected chi connectivity index (χ3v) is 12.1. The molecule has 3 aliphatic rings. The molecule has 0 radical (unpaired) electrons. The molecule has 0 unspecified atom stereocenters. The van der Waals surface area contributed by atoms with Gasteiger partial charge in [-0.05, 0) is 105 Å². The van der Waals surface area contributed by atoms with E-state index in [1.165, 1.54) is 16.7 Å². The molecule has 0 saturated carbocycles. The fourth-order valence-corrected chi connectivity index (χ4v) is 10.4. The van der Waals surface area contributed by atoms with Gasteiger partial charge in [0.25, 0.3) is 0 Å². The number of hydrogen-bond donors (Lipinski definition) is 0. The van der Waals surface area contributed by atoms with Crippen LogP contribution in [0, 0.1) is 16.2 Å². The maximum Gasteiger partial charge on any atom is 0.234 e. The first-order chi connectivity index (χ1) is 27.7. The highest BCUT2D eigenvalue weighted by Crippen LogP contribution is 2.42. The number of anilines is 3. The van der Waals surface area contributed by atoms with Crippen LogP contribution in [0.5, 0.6) is 17.2 Å². The third-order valence-electron chi connectivity index (χ3n) is 12.1. The first kappa shape index (κ1) is 43.6.